The minimum atomic E-state index is -0.150. The van der Waals surface area contributed by atoms with Crippen LogP contribution in [0.2, 0.25) is 0 Å². The number of halogens is 1. The fourth-order valence-corrected chi connectivity index (χ4v) is 4.04. The van der Waals surface area contributed by atoms with E-state index in [9.17, 15) is 9.59 Å². The predicted octanol–water partition coefficient (Wildman–Crippen LogP) is 3.78. The molecule has 0 unspecified atom stereocenters. The van der Waals surface area contributed by atoms with Gasteiger partial charge in [-0.1, -0.05) is 28.1 Å². The van der Waals surface area contributed by atoms with E-state index >= 15 is 0 Å². The molecule has 1 amide bonds. The van der Waals surface area contributed by atoms with Crippen molar-refractivity contribution in [3.8, 4) is 0 Å². The Kier molecular flexibility index (Phi) is 5.94. The largest absolute Gasteiger partial charge is 0.376 e. The van der Waals surface area contributed by atoms with Gasteiger partial charge in [0, 0.05) is 23.2 Å². The number of benzene rings is 2. The van der Waals surface area contributed by atoms with Gasteiger partial charge in [0.2, 0.25) is 0 Å². The standard InChI is InChI=1S/C21H20BrN3O3S/c22-15-7-8-18-17(10-15)20(27)25(21(29)24-18)12-13-3-5-14(6-4-13)19(26)23-11-16-2-1-9-28-16/h3-8,10,16H,1-2,9,11-12H2,(H,23,26)(H,24,29)/t16-/m0/s1. The highest BCUT2D eigenvalue weighted by Crippen LogP contribution is 2.16. The summed E-state index contributed by atoms with van der Waals surface area (Å²) in [6, 6.07) is 12.7. The molecule has 0 spiro atoms. The number of aromatic nitrogens is 2. The molecule has 0 saturated carbocycles. The van der Waals surface area contributed by atoms with Gasteiger partial charge >= 0.3 is 0 Å². The van der Waals surface area contributed by atoms with E-state index in [-0.39, 0.29) is 17.6 Å². The van der Waals surface area contributed by atoms with Gasteiger partial charge in [0.15, 0.2) is 4.77 Å². The number of hydrogen-bond donors (Lipinski definition) is 2. The maximum atomic E-state index is 12.9. The number of nitrogens with one attached hydrogen (secondary N) is 2. The summed E-state index contributed by atoms with van der Waals surface area (Å²) in [4.78, 5) is 28.3. The van der Waals surface area contributed by atoms with Gasteiger partial charge in [-0.15, -0.1) is 0 Å². The lowest BCUT2D eigenvalue weighted by Crippen LogP contribution is -2.31. The molecule has 4 rings (SSSR count). The SMILES string of the molecule is O=C(NC[C@@H]1CCCO1)c1ccc(Cn2c(=S)[nH]c3ccc(Br)cc3c2=O)cc1. The number of carbonyl (C=O) groups is 1. The monoisotopic (exact) mass is 473 g/mol. The number of amides is 1. The Morgan fingerprint density at radius 1 is 1.28 bits per heavy atom. The average molecular weight is 474 g/mol. The van der Waals surface area contributed by atoms with E-state index < -0.39 is 0 Å². The van der Waals surface area contributed by atoms with E-state index in [2.05, 4.69) is 26.2 Å². The summed E-state index contributed by atoms with van der Waals surface area (Å²) in [6.45, 7) is 1.62. The fraction of sp³-hybridized carbons (Fsp3) is 0.286. The summed E-state index contributed by atoms with van der Waals surface area (Å²) in [6.07, 6.45) is 2.14. The highest BCUT2D eigenvalue weighted by Gasteiger charge is 2.16. The van der Waals surface area contributed by atoms with Gasteiger partial charge in [-0.3, -0.25) is 14.2 Å². The lowest BCUT2D eigenvalue weighted by Gasteiger charge is -2.11. The average Bonchev–Trinajstić information content (AvgIpc) is 3.24. The van der Waals surface area contributed by atoms with Crippen molar-refractivity contribution in [2.45, 2.75) is 25.5 Å². The van der Waals surface area contributed by atoms with Crippen LogP contribution in [0.25, 0.3) is 10.9 Å². The van der Waals surface area contributed by atoms with Crippen molar-refractivity contribution in [1.29, 1.82) is 0 Å². The van der Waals surface area contributed by atoms with E-state index in [4.69, 9.17) is 17.0 Å². The molecule has 150 valence electrons. The van der Waals surface area contributed by atoms with Crippen LogP contribution in [0.4, 0.5) is 0 Å². The van der Waals surface area contributed by atoms with Crippen LogP contribution in [0.1, 0.15) is 28.8 Å². The molecule has 2 aromatic carbocycles. The molecular formula is C21H20BrN3O3S. The Hall–Kier alpha value is -2.29. The maximum absolute atomic E-state index is 12.9. The molecule has 0 radical (unpaired) electrons. The minimum Gasteiger partial charge on any atom is -0.376 e. The van der Waals surface area contributed by atoms with Gasteiger partial charge in [-0.05, 0) is 61.0 Å². The van der Waals surface area contributed by atoms with Crippen molar-refractivity contribution in [2.75, 3.05) is 13.2 Å². The molecule has 1 aliphatic rings. The molecule has 8 heteroatoms. The van der Waals surface area contributed by atoms with E-state index in [0.717, 1.165) is 29.5 Å². The number of nitrogens with zero attached hydrogens (tertiary/aromatic N) is 1. The van der Waals surface area contributed by atoms with Gasteiger partial charge in [0.25, 0.3) is 11.5 Å². The van der Waals surface area contributed by atoms with Gasteiger partial charge < -0.3 is 15.0 Å². The minimum absolute atomic E-state index is 0.111. The van der Waals surface area contributed by atoms with Crippen molar-refractivity contribution < 1.29 is 9.53 Å². The van der Waals surface area contributed by atoms with Crippen molar-refractivity contribution >= 4 is 45.0 Å². The molecule has 29 heavy (non-hydrogen) atoms. The Labute approximate surface area is 181 Å². The van der Waals surface area contributed by atoms with Crippen molar-refractivity contribution in [3.63, 3.8) is 0 Å². The summed E-state index contributed by atoms with van der Waals surface area (Å²) in [7, 11) is 0. The fourth-order valence-electron chi connectivity index (χ4n) is 3.42. The van der Waals surface area contributed by atoms with Crippen LogP contribution in [0, 0.1) is 4.77 Å². The Morgan fingerprint density at radius 2 is 2.07 bits per heavy atom. The molecule has 3 aromatic rings. The number of fused-ring (bicyclic) bond motifs is 1. The molecule has 1 aliphatic heterocycles. The topological polar surface area (TPSA) is 76.1 Å². The second-order valence-corrected chi connectivity index (χ2v) is 8.36. The second kappa shape index (κ2) is 8.61. The number of carbonyl (C=O) groups excluding carboxylic acids is 1. The summed E-state index contributed by atoms with van der Waals surface area (Å²) >= 11 is 8.77. The molecule has 2 heterocycles. The third-order valence-corrected chi connectivity index (χ3v) is 5.83. The summed E-state index contributed by atoms with van der Waals surface area (Å²) < 4.78 is 8.24. The van der Waals surface area contributed by atoms with Gasteiger partial charge in [0.05, 0.1) is 23.6 Å². The van der Waals surface area contributed by atoms with Crippen molar-refractivity contribution in [2.24, 2.45) is 0 Å². The summed E-state index contributed by atoms with van der Waals surface area (Å²) in [5.74, 6) is -0.128. The molecule has 0 aliphatic carbocycles. The zero-order chi connectivity index (χ0) is 20.4. The first-order valence-corrected chi connectivity index (χ1v) is 10.6. The summed E-state index contributed by atoms with van der Waals surface area (Å²) in [5.41, 5.74) is 2.02. The number of hydrogen-bond acceptors (Lipinski definition) is 4. The quantitative estimate of drug-likeness (QED) is 0.552. The summed E-state index contributed by atoms with van der Waals surface area (Å²) in [5, 5.41) is 3.48. The molecule has 1 saturated heterocycles. The number of rotatable bonds is 5. The lowest BCUT2D eigenvalue weighted by molar-refractivity contribution is 0.0858. The van der Waals surface area contributed by atoms with E-state index in [0.29, 0.717) is 34.3 Å². The van der Waals surface area contributed by atoms with Crippen molar-refractivity contribution in [1.82, 2.24) is 14.9 Å². The van der Waals surface area contributed by atoms with Crippen LogP contribution in [0.5, 0.6) is 0 Å². The molecule has 1 atom stereocenters. The highest BCUT2D eigenvalue weighted by atomic mass is 79.9. The molecular weight excluding hydrogens is 454 g/mol. The molecule has 6 nitrogen and oxygen atoms in total. The molecule has 0 bridgehead atoms. The number of aromatic amines is 1. The first-order chi connectivity index (χ1) is 14.0. The van der Waals surface area contributed by atoms with Gasteiger partial charge in [-0.25, -0.2) is 0 Å². The Balaban J connectivity index is 1.51. The lowest BCUT2D eigenvalue weighted by atomic mass is 10.1. The Morgan fingerprint density at radius 3 is 2.79 bits per heavy atom. The molecule has 1 fully saturated rings. The van der Waals surface area contributed by atoms with Crippen LogP contribution in [0.15, 0.2) is 51.7 Å². The normalized spacial score (nSPS) is 16.2. The smallest absolute Gasteiger partial charge is 0.262 e. The third kappa shape index (κ3) is 4.49. The first kappa shape index (κ1) is 20.0. The van der Waals surface area contributed by atoms with Crippen LogP contribution in [-0.2, 0) is 11.3 Å². The van der Waals surface area contributed by atoms with Crippen LogP contribution in [0.3, 0.4) is 0 Å². The molecule has 2 N–H and O–H groups in total. The van der Waals surface area contributed by atoms with E-state index in [1.165, 1.54) is 4.57 Å². The van der Waals surface area contributed by atoms with E-state index in [1.807, 2.05) is 24.3 Å². The van der Waals surface area contributed by atoms with Crippen LogP contribution in [-0.4, -0.2) is 34.7 Å². The van der Waals surface area contributed by atoms with Crippen LogP contribution < -0.4 is 10.9 Å². The number of ether oxygens (including phenoxy) is 1. The Bertz CT molecular complexity index is 1160. The van der Waals surface area contributed by atoms with Gasteiger partial charge in [0.1, 0.15) is 0 Å². The maximum Gasteiger partial charge on any atom is 0.262 e. The molecule has 1 aromatic heterocycles. The zero-order valence-corrected chi connectivity index (χ0v) is 18.0. The van der Waals surface area contributed by atoms with Gasteiger partial charge in [-0.2, -0.15) is 0 Å². The zero-order valence-electron chi connectivity index (χ0n) is 15.6. The van der Waals surface area contributed by atoms with E-state index in [1.54, 1.807) is 18.2 Å². The highest BCUT2D eigenvalue weighted by molar-refractivity contribution is 9.10. The van der Waals surface area contributed by atoms with Crippen LogP contribution >= 0.6 is 28.1 Å². The van der Waals surface area contributed by atoms with Crippen molar-refractivity contribution in [3.05, 3.63) is 73.2 Å². The third-order valence-electron chi connectivity index (χ3n) is 5.02. The number of H-pyrrole nitrogens is 1. The first-order valence-electron chi connectivity index (χ1n) is 9.42. The second-order valence-electron chi connectivity index (χ2n) is 7.05. The predicted molar refractivity (Wildman–Crippen MR) is 118 cm³/mol.